The molecule has 1 fully saturated rings. The van der Waals surface area contributed by atoms with Gasteiger partial charge < -0.3 is 20.7 Å². The summed E-state index contributed by atoms with van der Waals surface area (Å²) in [5, 5.41) is 19.1. The summed E-state index contributed by atoms with van der Waals surface area (Å²) >= 11 is 1.82. The smallest absolute Gasteiger partial charge is 0.231 e. The lowest BCUT2D eigenvalue weighted by Crippen LogP contribution is -2.28. The number of piperidine rings is 1. The molecule has 0 bridgehead atoms. The van der Waals surface area contributed by atoms with E-state index >= 15 is 0 Å². The molecular formula is C30H39N7OS. The number of aryl methyl sites for hydroxylation is 2. The first kappa shape index (κ1) is 27.3. The van der Waals surface area contributed by atoms with E-state index in [1.54, 1.807) is 6.20 Å². The molecule has 1 unspecified atom stereocenters. The molecule has 1 aliphatic heterocycles. The van der Waals surface area contributed by atoms with Crippen molar-refractivity contribution in [2.24, 2.45) is 0 Å². The van der Waals surface area contributed by atoms with Gasteiger partial charge in [-0.05, 0) is 94.0 Å². The van der Waals surface area contributed by atoms with Crippen LogP contribution in [0.1, 0.15) is 63.1 Å². The van der Waals surface area contributed by atoms with E-state index in [9.17, 15) is 0 Å². The predicted octanol–water partition coefficient (Wildman–Crippen LogP) is 7.21. The van der Waals surface area contributed by atoms with Gasteiger partial charge in [-0.1, -0.05) is 19.9 Å². The molecule has 4 aromatic rings. The summed E-state index contributed by atoms with van der Waals surface area (Å²) in [6.45, 7) is 14.9. The van der Waals surface area contributed by atoms with Gasteiger partial charge in [0.1, 0.15) is 11.6 Å². The SMILES string of the molecule is Cc1ccc(SC(C)C)c(Nc2nc(Nc3cc(C)c(C4CCCNC4)cc3OC(C)C)nc3[nH]ncc23)c1. The van der Waals surface area contributed by atoms with E-state index in [0.29, 0.717) is 28.6 Å². The number of thioether (sulfide) groups is 1. The number of benzene rings is 2. The normalized spacial score (nSPS) is 15.7. The van der Waals surface area contributed by atoms with E-state index in [1.807, 2.05) is 11.8 Å². The number of hydrogen-bond acceptors (Lipinski definition) is 8. The molecule has 5 rings (SSSR count). The third-order valence-corrected chi connectivity index (χ3v) is 7.86. The maximum absolute atomic E-state index is 6.29. The monoisotopic (exact) mass is 545 g/mol. The van der Waals surface area contributed by atoms with Crippen molar-refractivity contribution in [3.05, 3.63) is 53.2 Å². The number of fused-ring (bicyclic) bond motifs is 1. The van der Waals surface area contributed by atoms with Crippen molar-refractivity contribution < 1.29 is 4.74 Å². The molecule has 1 aliphatic rings. The largest absolute Gasteiger partial charge is 0.489 e. The molecule has 3 heterocycles. The molecule has 0 spiro atoms. The zero-order valence-corrected chi connectivity index (χ0v) is 24.5. The van der Waals surface area contributed by atoms with Crippen molar-refractivity contribution in [1.29, 1.82) is 0 Å². The number of hydrogen-bond donors (Lipinski definition) is 4. The summed E-state index contributed by atoms with van der Waals surface area (Å²) in [5.41, 5.74) is 6.29. The Balaban J connectivity index is 1.51. The average molecular weight is 546 g/mol. The number of nitrogens with one attached hydrogen (secondary N) is 4. The van der Waals surface area contributed by atoms with Crippen molar-refractivity contribution in [2.75, 3.05) is 23.7 Å². The molecule has 0 saturated carbocycles. The van der Waals surface area contributed by atoms with Crippen molar-refractivity contribution in [3.8, 4) is 5.75 Å². The lowest BCUT2D eigenvalue weighted by atomic mass is 9.88. The third-order valence-electron chi connectivity index (χ3n) is 6.77. The van der Waals surface area contributed by atoms with Crippen LogP contribution in [0.2, 0.25) is 0 Å². The quantitative estimate of drug-likeness (QED) is 0.164. The molecule has 2 aromatic heterocycles. The topological polar surface area (TPSA) is 99.8 Å². The number of nitrogens with zero attached hydrogens (tertiary/aromatic N) is 3. The molecule has 9 heteroatoms. The van der Waals surface area contributed by atoms with Gasteiger partial charge in [0, 0.05) is 16.7 Å². The van der Waals surface area contributed by atoms with Crippen LogP contribution in [0.25, 0.3) is 11.0 Å². The Labute approximate surface area is 235 Å². The molecule has 206 valence electrons. The lowest BCUT2D eigenvalue weighted by molar-refractivity contribution is 0.243. The molecular weight excluding hydrogens is 506 g/mol. The second-order valence-electron chi connectivity index (χ2n) is 10.9. The van der Waals surface area contributed by atoms with Gasteiger partial charge in [0.25, 0.3) is 0 Å². The van der Waals surface area contributed by atoms with Gasteiger partial charge in [-0.25, -0.2) is 0 Å². The fourth-order valence-corrected chi connectivity index (χ4v) is 5.93. The summed E-state index contributed by atoms with van der Waals surface area (Å²) < 4.78 is 6.29. The van der Waals surface area contributed by atoms with E-state index in [4.69, 9.17) is 14.7 Å². The maximum Gasteiger partial charge on any atom is 0.231 e. The standard InChI is InChI=1S/C30H39N7OS/c1-17(2)38-26-14-22(21-8-7-11-31-15-21)20(6)13-24(26)34-30-35-28(23-16-32-37-29(23)36-30)33-25-12-19(5)9-10-27(25)39-18(3)4/h9-10,12-14,16-18,21,31H,7-8,11,15H2,1-6H3,(H3,32,33,34,35,36,37). The number of ether oxygens (including phenoxy) is 1. The maximum atomic E-state index is 6.29. The van der Waals surface area contributed by atoms with E-state index in [2.05, 4.69) is 98.0 Å². The summed E-state index contributed by atoms with van der Waals surface area (Å²) in [7, 11) is 0. The first-order chi connectivity index (χ1) is 18.8. The number of anilines is 4. The molecule has 0 aliphatic carbocycles. The predicted molar refractivity (Wildman–Crippen MR) is 162 cm³/mol. The number of aromatic nitrogens is 4. The zero-order valence-electron chi connectivity index (χ0n) is 23.7. The van der Waals surface area contributed by atoms with Crippen LogP contribution in [-0.2, 0) is 0 Å². The first-order valence-electron chi connectivity index (χ1n) is 13.8. The molecule has 1 atom stereocenters. The van der Waals surface area contributed by atoms with Gasteiger partial charge in [0.15, 0.2) is 5.65 Å². The van der Waals surface area contributed by atoms with Gasteiger partial charge >= 0.3 is 0 Å². The summed E-state index contributed by atoms with van der Waals surface area (Å²) in [6, 6.07) is 10.8. The first-order valence-corrected chi connectivity index (χ1v) is 14.7. The molecule has 1 saturated heterocycles. The van der Waals surface area contributed by atoms with E-state index in [1.165, 1.54) is 34.4 Å². The van der Waals surface area contributed by atoms with E-state index in [0.717, 1.165) is 35.6 Å². The van der Waals surface area contributed by atoms with Crippen LogP contribution in [0.4, 0.5) is 23.1 Å². The van der Waals surface area contributed by atoms with Crippen LogP contribution >= 0.6 is 11.8 Å². The summed E-state index contributed by atoms with van der Waals surface area (Å²) in [5.74, 6) is 2.47. The minimum atomic E-state index is 0.0389. The molecule has 8 nitrogen and oxygen atoms in total. The van der Waals surface area contributed by atoms with Crippen LogP contribution in [-0.4, -0.2) is 44.6 Å². The molecule has 4 N–H and O–H groups in total. The van der Waals surface area contributed by atoms with Crippen LogP contribution in [0, 0.1) is 13.8 Å². The Hall–Kier alpha value is -3.30. The van der Waals surface area contributed by atoms with Crippen LogP contribution < -0.4 is 20.7 Å². The fourth-order valence-electron chi connectivity index (χ4n) is 5.04. The number of rotatable bonds is 9. The minimum absolute atomic E-state index is 0.0389. The van der Waals surface area contributed by atoms with Crippen molar-refractivity contribution in [2.45, 2.75) is 76.6 Å². The Bertz CT molecular complexity index is 1440. The molecule has 0 radical (unpaired) electrons. The molecule has 39 heavy (non-hydrogen) atoms. The van der Waals surface area contributed by atoms with Crippen molar-refractivity contribution in [1.82, 2.24) is 25.5 Å². The Morgan fingerprint density at radius 2 is 1.87 bits per heavy atom. The van der Waals surface area contributed by atoms with Gasteiger partial charge in [-0.15, -0.1) is 11.8 Å². The second kappa shape index (κ2) is 11.8. The number of aromatic amines is 1. The average Bonchev–Trinajstić information content (AvgIpc) is 3.36. The van der Waals surface area contributed by atoms with Gasteiger partial charge in [-0.3, -0.25) is 5.10 Å². The van der Waals surface area contributed by atoms with Crippen molar-refractivity contribution >= 4 is 45.9 Å². The molecule has 0 amide bonds. The van der Waals surface area contributed by atoms with Crippen molar-refractivity contribution in [3.63, 3.8) is 0 Å². The van der Waals surface area contributed by atoms with Crippen LogP contribution in [0.15, 0.2) is 41.4 Å². The number of H-pyrrole nitrogens is 1. The Kier molecular flexibility index (Phi) is 8.28. The van der Waals surface area contributed by atoms with E-state index in [-0.39, 0.29) is 6.10 Å². The fraction of sp³-hybridized carbons (Fsp3) is 0.433. The molecule has 2 aromatic carbocycles. The lowest BCUT2D eigenvalue weighted by Gasteiger charge is -2.26. The zero-order chi connectivity index (χ0) is 27.5. The summed E-state index contributed by atoms with van der Waals surface area (Å²) in [6.07, 6.45) is 4.18. The van der Waals surface area contributed by atoms with Gasteiger partial charge in [-0.2, -0.15) is 15.1 Å². The van der Waals surface area contributed by atoms with E-state index < -0.39 is 0 Å². The van der Waals surface area contributed by atoms with Crippen LogP contribution in [0.3, 0.4) is 0 Å². The minimum Gasteiger partial charge on any atom is -0.489 e. The second-order valence-corrected chi connectivity index (χ2v) is 12.5. The highest BCUT2D eigenvalue weighted by atomic mass is 32.2. The highest BCUT2D eigenvalue weighted by molar-refractivity contribution is 8.00. The van der Waals surface area contributed by atoms with Crippen LogP contribution in [0.5, 0.6) is 5.75 Å². The highest BCUT2D eigenvalue weighted by Crippen LogP contribution is 2.38. The third kappa shape index (κ3) is 6.47. The highest BCUT2D eigenvalue weighted by Gasteiger charge is 2.21. The summed E-state index contributed by atoms with van der Waals surface area (Å²) in [4.78, 5) is 10.8. The Morgan fingerprint density at radius 1 is 1.03 bits per heavy atom. The Morgan fingerprint density at radius 3 is 2.62 bits per heavy atom. The van der Waals surface area contributed by atoms with Gasteiger partial charge in [0.05, 0.1) is 29.1 Å². The van der Waals surface area contributed by atoms with Gasteiger partial charge in [0.2, 0.25) is 5.95 Å².